The Labute approximate surface area is 388 Å². The summed E-state index contributed by atoms with van der Waals surface area (Å²) in [5.41, 5.74) is 8.68. The Morgan fingerprint density at radius 2 is 1.29 bits per heavy atom. The molecule has 1 N–H and O–H groups in total. The second-order valence-corrected chi connectivity index (χ2v) is 18.3. The summed E-state index contributed by atoms with van der Waals surface area (Å²) in [6, 6.07) is 32.5. The van der Waals surface area contributed by atoms with E-state index >= 15 is 0 Å². The third kappa shape index (κ3) is 7.98. The molecule has 0 bridgehead atoms. The van der Waals surface area contributed by atoms with Gasteiger partial charge in [0.15, 0.2) is 0 Å². The van der Waals surface area contributed by atoms with Crippen molar-refractivity contribution in [2.75, 3.05) is 0 Å². The van der Waals surface area contributed by atoms with E-state index in [1.165, 1.54) is 0 Å². The molecule has 0 aliphatic heterocycles. The number of benzene rings is 7. The second kappa shape index (κ2) is 16.0. The monoisotopic (exact) mass is 833 g/mol. The fourth-order valence-electron chi connectivity index (χ4n) is 8.20. The molecule has 4 nitrogen and oxygen atoms in total. The van der Waals surface area contributed by atoms with Crippen LogP contribution < -0.4 is 0 Å². The molecular weight excluding hydrogens is 767 g/mol. The van der Waals surface area contributed by atoms with E-state index in [2.05, 4.69) is 25.8 Å². The molecule has 9 rings (SSSR count). The fourth-order valence-corrected chi connectivity index (χ4v) is 8.20. The average Bonchev–Trinajstić information content (AvgIpc) is 3.74. The van der Waals surface area contributed by atoms with Gasteiger partial charge in [0.1, 0.15) is 11.6 Å². The first-order valence-corrected chi connectivity index (χ1v) is 21.1. The van der Waals surface area contributed by atoms with Gasteiger partial charge in [-0.1, -0.05) is 151 Å². The molecule has 0 saturated carbocycles. The van der Waals surface area contributed by atoms with Crippen molar-refractivity contribution in [2.45, 2.75) is 73.1 Å². The smallest absolute Gasteiger partial charge is 0.149 e. The Kier molecular flexibility index (Phi) is 7.65. The molecule has 0 radical (unpaired) electrons. The van der Waals surface area contributed by atoms with Gasteiger partial charge >= 0.3 is 0 Å². The van der Waals surface area contributed by atoms with Crippen LogP contribution in [0.4, 0.5) is 0 Å². The van der Waals surface area contributed by atoms with Gasteiger partial charge < -0.3 is 5.11 Å². The van der Waals surface area contributed by atoms with Crippen molar-refractivity contribution < 1.29 is 20.2 Å². The molecule has 7 aromatic carbocycles. The van der Waals surface area contributed by atoms with Crippen LogP contribution in [0.2, 0.25) is 0 Å². The van der Waals surface area contributed by atoms with Crippen molar-refractivity contribution >= 4 is 11.0 Å². The third-order valence-electron chi connectivity index (χ3n) is 11.6. The van der Waals surface area contributed by atoms with Crippen LogP contribution in [0.3, 0.4) is 0 Å². The fraction of sp³-hybridized carbons (Fsp3) is 0.186. The second-order valence-electron chi connectivity index (χ2n) is 18.3. The first kappa shape index (κ1) is 30.1. The number of hydrogen-bond donors (Lipinski definition) is 1. The standard InChI is InChI=1S/C59H55N3O/c1-37-29-39(3)56(63)51(30-37)57-61-55-48(44-32-45(34-47(33-44)59(7,8)9)52-35-43(27-28-60-52)40-17-12-10-13-18-40)21-16-22-53(55)62(57)54-31-38(2)49(36-50(54)41-19-14-11-15-20-41)42-23-25-46(26-24-42)58(4,5)6/h10-36,63H,1-9H3/i2D3,10D,12D,13D,17D,18D,27D,28D,35D. The topological polar surface area (TPSA) is 50.9 Å². The van der Waals surface area contributed by atoms with Crippen LogP contribution in [0.15, 0.2) is 164 Å². The molecule has 0 aliphatic rings. The Bertz CT molecular complexity index is 3710. The lowest BCUT2D eigenvalue weighted by Crippen LogP contribution is -2.11. The summed E-state index contributed by atoms with van der Waals surface area (Å²) in [5.74, 6) is 0.356. The summed E-state index contributed by atoms with van der Waals surface area (Å²) in [5, 5.41) is 12.0. The van der Waals surface area contributed by atoms with E-state index in [0.29, 0.717) is 61.5 Å². The van der Waals surface area contributed by atoms with Gasteiger partial charge in [-0.2, -0.15) is 0 Å². The molecule has 0 spiro atoms. The number of nitrogens with zero attached hydrogens (tertiary/aromatic N) is 3. The van der Waals surface area contributed by atoms with Crippen molar-refractivity contribution in [3.05, 3.63) is 192 Å². The number of phenols is 1. The molecular formula is C59H55N3O. The van der Waals surface area contributed by atoms with Crippen LogP contribution in [0.1, 0.15) is 84.4 Å². The number of para-hydroxylation sites is 1. The maximum Gasteiger partial charge on any atom is 0.149 e. The van der Waals surface area contributed by atoms with E-state index in [4.69, 9.17) is 18.7 Å². The molecule has 2 heterocycles. The molecule has 2 aromatic heterocycles. The number of rotatable bonds is 7. The molecule has 4 heteroatoms. The summed E-state index contributed by atoms with van der Waals surface area (Å²) in [7, 11) is 0. The lowest BCUT2D eigenvalue weighted by Gasteiger charge is -2.22. The normalized spacial score (nSPS) is 14.6. The zero-order valence-corrected chi connectivity index (χ0v) is 36.8. The molecule has 9 aromatic rings. The van der Waals surface area contributed by atoms with Gasteiger partial charge in [-0.15, -0.1) is 0 Å². The highest BCUT2D eigenvalue weighted by atomic mass is 16.3. The number of aromatic hydroxyl groups is 1. The number of phenolic OH excluding ortho intramolecular Hbond substituents is 1. The van der Waals surface area contributed by atoms with Crippen molar-refractivity contribution in [3.63, 3.8) is 0 Å². The number of hydrogen-bond acceptors (Lipinski definition) is 3. The molecule has 63 heavy (non-hydrogen) atoms. The minimum Gasteiger partial charge on any atom is -0.507 e. The number of aryl methyl sites for hydroxylation is 3. The number of aromatic nitrogens is 3. The van der Waals surface area contributed by atoms with E-state index in [1.807, 2.05) is 142 Å². The van der Waals surface area contributed by atoms with E-state index < -0.39 is 54.7 Å². The first-order valence-electron chi connectivity index (χ1n) is 26.6. The van der Waals surface area contributed by atoms with Crippen molar-refractivity contribution in [1.82, 2.24) is 14.5 Å². The van der Waals surface area contributed by atoms with E-state index in [1.54, 1.807) is 12.1 Å². The highest BCUT2D eigenvalue weighted by Gasteiger charge is 2.25. The summed E-state index contributed by atoms with van der Waals surface area (Å²) in [6.07, 6.45) is -0.544. The van der Waals surface area contributed by atoms with E-state index in [9.17, 15) is 6.48 Å². The Morgan fingerprint density at radius 3 is 2.00 bits per heavy atom. The van der Waals surface area contributed by atoms with Crippen LogP contribution in [0, 0.1) is 20.7 Å². The molecule has 0 aliphatic carbocycles. The van der Waals surface area contributed by atoms with E-state index in [0.717, 1.165) is 27.8 Å². The molecule has 312 valence electrons. The van der Waals surface area contributed by atoms with Crippen LogP contribution in [0.5, 0.6) is 5.75 Å². The molecule has 0 amide bonds. The molecule has 0 fully saturated rings. The zero-order chi connectivity index (χ0) is 53.7. The van der Waals surface area contributed by atoms with Crippen LogP contribution in [-0.2, 0) is 10.8 Å². The lowest BCUT2D eigenvalue weighted by atomic mass is 9.83. The Morgan fingerprint density at radius 1 is 0.571 bits per heavy atom. The van der Waals surface area contributed by atoms with Gasteiger partial charge in [0.05, 0.1) is 38.9 Å². The van der Waals surface area contributed by atoms with Crippen LogP contribution in [-0.4, -0.2) is 19.6 Å². The quantitative estimate of drug-likeness (QED) is 0.174. The van der Waals surface area contributed by atoms with Crippen molar-refractivity contribution in [1.29, 1.82) is 0 Å². The molecule has 0 atom stereocenters. The SMILES string of the molecule is [2H]c1nc(-c2cc(-c3cccc4c3nc(-c3cc(C)cc(C)c3O)n4-c3cc(C([2H])([2H])[2H])c(-c4ccc(C(C)(C)C)cc4)cc3-c3ccccc3)cc(C(C)(C)C)c2)c([2H])c(-c2c([2H])c([2H])c([2H])c([2H])c2[2H])c1[2H]. The summed E-state index contributed by atoms with van der Waals surface area (Å²) < 4.78 is 98.6. The molecule has 0 saturated heterocycles. The summed E-state index contributed by atoms with van der Waals surface area (Å²) in [4.78, 5) is 9.86. The maximum atomic E-state index is 12.0. The average molecular weight is 833 g/mol. The zero-order valence-electron chi connectivity index (χ0n) is 47.8. The first-order chi connectivity index (χ1) is 34.7. The largest absolute Gasteiger partial charge is 0.507 e. The van der Waals surface area contributed by atoms with Gasteiger partial charge in [-0.05, 0) is 141 Å². The van der Waals surface area contributed by atoms with Crippen molar-refractivity contribution in [3.8, 4) is 78.6 Å². The van der Waals surface area contributed by atoms with Gasteiger partial charge in [-0.3, -0.25) is 9.55 Å². The highest BCUT2D eigenvalue weighted by Crippen LogP contribution is 2.44. The Hall–Kier alpha value is -7.04. The number of fused-ring (bicyclic) bond motifs is 1. The van der Waals surface area contributed by atoms with Gasteiger partial charge in [-0.25, -0.2) is 4.98 Å². The predicted molar refractivity (Wildman–Crippen MR) is 265 cm³/mol. The van der Waals surface area contributed by atoms with Crippen LogP contribution >= 0.6 is 0 Å². The minimum absolute atomic E-state index is 0.00610. The lowest BCUT2D eigenvalue weighted by molar-refractivity contribution is 0.472. The van der Waals surface area contributed by atoms with Gasteiger partial charge in [0.25, 0.3) is 0 Å². The number of pyridine rings is 1. The number of imidazole rings is 1. The van der Waals surface area contributed by atoms with E-state index in [-0.39, 0.29) is 39.6 Å². The maximum absolute atomic E-state index is 12.0. The highest BCUT2D eigenvalue weighted by molar-refractivity contribution is 5.98. The summed E-state index contributed by atoms with van der Waals surface area (Å²) >= 11 is 0. The molecule has 0 unspecified atom stereocenters. The van der Waals surface area contributed by atoms with Gasteiger partial charge in [0, 0.05) is 27.0 Å². The van der Waals surface area contributed by atoms with Gasteiger partial charge in [0.2, 0.25) is 0 Å². The third-order valence-corrected chi connectivity index (χ3v) is 11.6. The summed E-state index contributed by atoms with van der Waals surface area (Å²) in [6.45, 7) is 13.7. The predicted octanol–water partition coefficient (Wildman–Crippen LogP) is 15.6. The van der Waals surface area contributed by atoms with Crippen LogP contribution in [0.25, 0.3) is 83.9 Å². The minimum atomic E-state index is -2.57. The Balaban J connectivity index is 1.37. The van der Waals surface area contributed by atoms with Crippen molar-refractivity contribution in [2.24, 2.45) is 0 Å².